The Labute approximate surface area is 108 Å². The van der Waals surface area contributed by atoms with E-state index in [1.807, 2.05) is 19.2 Å². The number of rotatable bonds is 2. The number of nitrogens with zero attached hydrogens (tertiary/aromatic N) is 3. The van der Waals surface area contributed by atoms with Gasteiger partial charge in [-0.1, -0.05) is 0 Å². The quantitative estimate of drug-likeness (QED) is 0.802. The predicted molar refractivity (Wildman–Crippen MR) is 69.3 cm³/mol. The lowest BCUT2D eigenvalue weighted by molar-refractivity contribution is 0.0278. The zero-order chi connectivity index (χ0) is 12.4. The molecule has 1 aromatic heterocycles. The van der Waals surface area contributed by atoms with Crippen LogP contribution in [0.4, 0.5) is 0 Å². The SMILES string of the molecule is Cc1ccnc([C@H]2CCCN2C2CCOCC2)n1. The van der Waals surface area contributed by atoms with Gasteiger partial charge in [-0.15, -0.1) is 0 Å². The monoisotopic (exact) mass is 247 g/mol. The van der Waals surface area contributed by atoms with E-state index in [1.165, 1.54) is 19.4 Å². The van der Waals surface area contributed by atoms with E-state index in [0.29, 0.717) is 12.1 Å². The fourth-order valence-electron chi connectivity index (χ4n) is 3.15. The highest BCUT2D eigenvalue weighted by Gasteiger charge is 2.34. The summed E-state index contributed by atoms with van der Waals surface area (Å²) in [7, 11) is 0. The Hall–Kier alpha value is -1.00. The second-order valence-corrected chi connectivity index (χ2v) is 5.30. The molecule has 98 valence electrons. The van der Waals surface area contributed by atoms with Crippen LogP contribution in [0.25, 0.3) is 0 Å². The zero-order valence-corrected chi connectivity index (χ0v) is 11.0. The summed E-state index contributed by atoms with van der Waals surface area (Å²) < 4.78 is 5.46. The number of likely N-dealkylation sites (tertiary alicyclic amines) is 1. The molecular formula is C14H21N3O. The van der Waals surface area contributed by atoms with E-state index in [4.69, 9.17) is 4.74 Å². The van der Waals surface area contributed by atoms with Gasteiger partial charge in [0, 0.05) is 31.1 Å². The van der Waals surface area contributed by atoms with Gasteiger partial charge in [-0.05, 0) is 45.2 Å². The lowest BCUT2D eigenvalue weighted by Crippen LogP contribution is -2.39. The molecular weight excluding hydrogens is 226 g/mol. The normalized spacial score (nSPS) is 26.6. The molecule has 0 amide bonds. The van der Waals surface area contributed by atoms with Crippen molar-refractivity contribution in [3.63, 3.8) is 0 Å². The standard InChI is InChI=1S/C14H21N3O/c1-11-4-7-15-14(16-11)13-3-2-8-17(13)12-5-9-18-10-6-12/h4,7,12-13H,2-3,5-6,8-10H2,1H3/t13-/m1/s1. The van der Waals surface area contributed by atoms with Crippen LogP contribution in [0, 0.1) is 6.92 Å². The van der Waals surface area contributed by atoms with Gasteiger partial charge in [0.25, 0.3) is 0 Å². The van der Waals surface area contributed by atoms with E-state index >= 15 is 0 Å². The molecule has 2 saturated heterocycles. The van der Waals surface area contributed by atoms with E-state index < -0.39 is 0 Å². The van der Waals surface area contributed by atoms with Gasteiger partial charge in [0.2, 0.25) is 0 Å². The van der Waals surface area contributed by atoms with Gasteiger partial charge in [0.1, 0.15) is 5.82 Å². The summed E-state index contributed by atoms with van der Waals surface area (Å²) in [6, 6.07) is 3.06. The van der Waals surface area contributed by atoms with Gasteiger partial charge in [-0.2, -0.15) is 0 Å². The van der Waals surface area contributed by atoms with E-state index in [9.17, 15) is 0 Å². The van der Waals surface area contributed by atoms with Crippen LogP contribution in [0.2, 0.25) is 0 Å². The van der Waals surface area contributed by atoms with E-state index in [2.05, 4.69) is 14.9 Å². The van der Waals surface area contributed by atoms with Crippen molar-refractivity contribution in [3.8, 4) is 0 Å². The molecule has 0 aliphatic carbocycles. The van der Waals surface area contributed by atoms with Gasteiger partial charge in [0.05, 0.1) is 6.04 Å². The molecule has 4 heteroatoms. The van der Waals surface area contributed by atoms with Crippen molar-refractivity contribution in [3.05, 3.63) is 23.8 Å². The Morgan fingerprint density at radius 2 is 2.11 bits per heavy atom. The lowest BCUT2D eigenvalue weighted by Gasteiger charge is -2.34. The Bertz CT molecular complexity index is 404. The fourth-order valence-corrected chi connectivity index (χ4v) is 3.15. The van der Waals surface area contributed by atoms with Gasteiger partial charge in [0.15, 0.2) is 0 Å². The minimum atomic E-state index is 0.424. The predicted octanol–water partition coefficient (Wildman–Crippen LogP) is 2.10. The molecule has 0 N–H and O–H groups in total. The maximum atomic E-state index is 5.46. The van der Waals surface area contributed by atoms with E-state index in [1.54, 1.807) is 0 Å². The van der Waals surface area contributed by atoms with Crippen LogP contribution >= 0.6 is 0 Å². The summed E-state index contributed by atoms with van der Waals surface area (Å²) in [4.78, 5) is 11.7. The van der Waals surface area contributed by atoms with Crippen LogP contribution in [0.15, 0.2) is 12.3 Å². The average Bonchev–Trinajstić information content (AvgIpc) is 2.89. The minimum Gasteiger partial charge on any atom is -0.381 e. The topological polar surface area (TPSA) is 38.2 Å². The molecule has 0 aromatic carbocycles. The van der Waals surface area contributed by atoms with Crippen LogP contribution in [0.5, 0.6) is 0 Å². The van der Waals surface area contributed by atoms with Crippen molar-refractivity contribution in [1.29, 1.82) is 0 Å². The van der Waals surface area contributed by atoms with Crippen molar-refractivity contribution in [1.82, 2.24) is 14.9 Å². The molecule has 0 radical (unpaired) electrons. The maximum Gasteiger partial charge on any atom is 0.145 e. The Morgan fingerprint density at radius 3 is 2.89 bits per heavy atom. The summed E-state index contributed by atoms with van der Waals surface area (Å²) in [6.45, 7) is 5.04. The third-order valence-electron chi connectivity index (χ3n) is 4.07. The van der Waals surface area contributed by atoms with Crippen molar-refractivity contribution in [2.75, 3.05) is 19.8 Å². The number of aryl methyl sites for hydroxylation is 1. The van der Waals surface area contributed by atoms with Gasteiger partial charge in [-0.3, -0.25) is 4.90 Å². The summed E-state index contributed by atoms with van der Waals surface area (Å²) in [5.74, 6) is 1.01. The molecule has 2 aliphatic rings. The van der Waals surface area contributed by atoms with E-state index in [-0.39, 0.29) is 0 Å². The van der Waals surface area contributed by atoms with Crippen LogP contribution in [0.1, 0.15) is 43.2 Å². The third kappa shape index (κ3) is 2.40. The molecule has 1 atom stereocenters. The molecule has 0 spiro atoms. The van der Waals surface area contributed by atoms with E-state index in [0.717, 1.165) is 37.6 Å². The Morgan fingerprint density at radius 1 is 1.28 bits per heavy atom. The molecule has 18 heavy (non-hydrogen) atoms. The minimum absolute atomic E-state index is 0.424. The van der Waals surface area contributed by atoms with Crippen LogP contribution < -0.4 is 0 Å². The van der Waals surface area contributed by atoms with Crippen LogP contribution in [-0.4, -0.2) is 40.7 Å². The number of hydrogen-bond acceptors (Lipinski definition) is 4. The highest BCUT2D eigenvalue weighted by Crippen LogP contribution is 2.34. The second-order valence-electron chi connectivity index (χ2n) is 5.30. The molecule has 3 rings (SSSR count). The van der Waals surface area contributed by atoms with Gasteiger partial charge < -0.3 is 4.74 Å². The second kappa shape index (κ2) is 5.33. The molecule has 3 heterocycles. The Balaban J connectivity index is 1.78. The summed E-state index contributed by atoms with van der Waals surface area (Å²) in [5, 5.41) is 0. The van der Waals surface area contributed by atoms with Crippen molar-refractivity contribution >= 4 is 0 Å². The van der Waals surface area contributed by atoms with Gasteiger partial charge >= 0.3 is 0 Å². The first-order valence-corrected chi connectivity index (χ1v) is 6.97. The molecule has 0 bridgehead atoms. The number of hydrogen-bond donors (Lipinski definition) is 0. The fraction of sp³-hybridized carbons (Fsp3) is 0.714. The number of ether oxygens (including phenoxy) is 1. The first kappa shape index (κ1) is 12.1. The summed E-state index contributed by atoms with van der Waals surface area (Å²) in [6.07, 6.45) is 6.66. The first-order valence-electron chi connectivity index (χ1n) is 6.97. The summed E-state index contributed by atoms with van der Waals surface area (Å²) in [5.41, 5.74) is 1.07. The molecule has 4 nitrogen and oxygen atoms in total. The highest BCUT2D eigenvalue weighted by atomic mass is 16.5. The largest absolute Gasteiger partial charge is 0.381 e. The summed E-state index contributed by atoms with van der Waals surface area (Å²) >= 11 is 0. The first-order chi connectivity index (χ1) is 8.84. The number of aromatic nitrogens is 2. The maximum absolute atomic E-state index is 5.46. The zero-order valence-electron chi connectivity index (χ0n) is 11.0. The van der Waals surface area contributed by atoms with Crippen molar-refractivity contribution in [2.24, 2.45) is 0 Å². The highest BCUT2D eigenvalue weighted by molar-refractivity contribution is 5.06. The van der Waals surface area contributed by atoms with Crippen molar-refractivity contribution in [2.45, 2.75) is 44.7 Å². The van der Waals surface area contributed by atoms with Crippen molar-refractivity contribution < 1.29 is 4.74 Å². The molecule has 0 unspecified atom stereocenters. The van der Waals surface area contributed by atoms with Crippen LogP contribution in [0.3, 0.4) is 0 Å². The molecule has 0 saturated carbocycles. The average molecular weight is 247 g/mol. The molecule has 1 aromatic rings. The smallest absolute Gasteiger partial charge is 0.145 e. The Kier molecular flexibility index (Phi) is 3.57. The molecule has 2 aliphatic heterocycles. The van der Waals surface area contributed by atoms with Gasteiger partial charge in [-0.25, -0.2) is 9.97 Å². The third-order valence-corrected chi connectivity index (χ3v) is 4.07. The molecule has 2 fully saturated rings. The van der Waals surface area contributed by atoms with Crippen LogP contribution in [-0.2, 0) is 4.74 Å². The lowest BCUT2D eigenvalue weighted by atomic mass is 10.1.